The van der Waals surface area contributed by atoms with E-state index in [1.165, 1.54) is 23.3 Å². The fourth-order valence-electron chi connectivity index (χ4n) is 2.06. The lowest BCUT2D eigenvalue weighted by Gasteiger charge is -2.27. The van der Waals surface area contributed by atoms with Gasteiger partial charge in [-0.15, -0.1) is 0 Å². The van der Waals surface area contributed by atoms with E-state index >= 15 is 0 Å². The summed E-state index contributed by atoms with van der Waals surface area (Å²) in [6.07, 6.45) is 3.37. The number of thioether (sulfide) groups is 1. The van der Waals surface area contributed by atoms with E-state index in [1.54, 1.807) is 0 Å². The summed E-state index contributed by atoms with van der Waals surface area (Å²) < 4.78 is 0. The molecular formula is C14H24N2S. The maximum atomic E-state index is 5.77. The number of hydrogen-bond acceptors (Lipinski definition) is 3. The van der Waals surface area contributed by atoms with Gasteiger partial charge in [-0.25, -0.2) is 0 Å². The van der Waals surface area contributed by atoms with Gasteiger partial charge in [0.15, 0.2) is 0 Å². The Morgan fingerprint density at radius 1 is 1.29 bits per heavy atom. The summed E-state index contributed by atoms with van der Waals surface area (Å²) in [5.74, 6) is 1.19. The van der Waals surface area contributed by atoms with Crippen molar-refractivity contribution < 1.29 is 0 Å². The molecule has 1 atom stereocenters. The molecule has 96 valence electrons. The highest BCUT2D eigenvalue weighted by Gasteiger charge is 2.13. The topological polar surface area (TPSA) is 29.3 Å². The lowest BCUT2D eigenvalue weighted by atomic mass is 10.1. The van der Waals surface area contributed by atoms with Crippen molar-refractivity contribution in [2.45, 2.75) is 32.5 Å². The van der Waals surface area contributed by atoms with Gasteiger partial charge in [0.05, 0.1) is 0 Å². The molecule has 1 rings (SSSR count). The summed E-state index contributed by atoms with van der Waals surface area (Å²) >= 11 is 1.92. The van der Waals surface area contributed by atoms with Gasteiger partial charge in [-0.05, 0) is 30.9 Å². The van der Waals surface area contributed by atoms with E-state index in [0.717, 1.165) is 6.54 Å². The van der Waals surface area contributed by atoms with Gasteiger partial charge in [0.1, 0.15) is 0 Å². The van der Waals surface area contributed by atoms with Crippen LogP contribution < -0.4 is 5.73 Å². The summed E-state index contributed by atoms with van der Waals surface area (Å²) in [6.45, 7) is 3.88. The quantitative estimate of drug-likeness (QED) is 0.809. The molecule has 0 radical (unpaired) electrons. The summed E-state index contributed by atoms with van der Waals surface area (Å²) in [7, 11) is 2.21. The van der Waals surface area contributed by atoms with Gasteiger partial charge in [0.2, 0.25) is 0 Å². The van der Waals surface area contributed by atoms with E-state index in [0.29, 0.717) is 12.6 Å². The molecule has 1 aromatic carbocycles. The Hall–Kier alpha value is -0.510. The highest BCUT2D eigenvalue weighted by molar-refractivity contribution is 7.98. The third kappa shape index (κ3) is 4.34. The highest BCUT2D eigenvalue weighted by Crippen LogP contribution is 2.15. The molecule has 17 heavy (non-hydrogen) atoms. The van der Waals surface area contributed by atoms with Crippen molar-refractivity contribution in [2.75, 3.05) is 19.1 Å². The van der Waals surface area contributed by atoms with Gasteiger partial charge >= 0.3 is 0 Å². The zero-order valence-electron chi connectivity index (χ0n) is 11.1. The smallest absolute Gasteiger partial charge is 0.0237 e. The second-order valence-corrected chi connectivity index (χ2v) is 5.32. The first-order valence-corrected chi connectivity index (χ1v) is 7.58. The first-order chi connectivity index (χ1) is 8.22. The molecule has 0 fully saturated rings. The fourth-order valence-corrected chi connectivity index (χ4v) is 2.93. The van der Waals surface area contributed by atoms with Crippen molar-refractivity contribution in [3.05, 3.63) is 35.4 Å². The number of rotatable bonds is 7. The molecule has 0 aliphatic heterocycles. The Bertz CT molecular complexity index is 328. The number of hydrogen-bond donors (Lipinski definition) is 1. The van der Waals surface area contributed by atoms with Crippen LogP contribution in [0.4, 0.5) is 0 Å². The van der Waals surface area contributed by atoms with Crippen LogP contribution in [0.2, 0.25) is 0 Å². The van der Waals surface area contributed by atoms with Crippen LogP contribution >= 0.6 is 11.8 Å². The van der Waals surface area contributed by atoms with Crippen LogP contribution in [0.3, 0.4) is 0 Å². The van der Waals surface area contributed by atoms with E-state index in [9.17, 15) is 0 Å². The van der Waals surface area contributed by atoms with Crippen LogP contribution in [-0.2, 0) is 13.1 Å². The third-order valence-corrected chi connectivity index (χ3v) is 3.93. The molecule has 1 aromatic rings. The predicted molar refractivity (Wildman–Crippen MR) is 78.3 cm³/mol. The Labute approximate surface area is 110 Å². The van der Waals surface area contributed by atoms with Gasteiger partial charge in [-0.2, -0.15) is 11.8 Å². The third-order valence-electron chi connectivity index (χ3n) is 3.21. The molecule has 0 saturated carbocycles. The maximum Gasteiger partial charge on any atom is 0.0237 e. The van der Waals surface area contributed by atoms with Crippen LogP contribution in [0.5, 0.6) is 0 Å². The molecule has 0 aromatic heterocycles. The monoisotopic (exact) mass is 252 g/mol. The number of nitrogens with two attached hydrogens (primary N) is 1. The standard InChI is InChI=1S/C14H24N2S/c1-4-14(11-17-3)16(2)10-13-8-6-5-7-12(13)9-15/h5-8,14H,4,9-11,15H2,1-3H3. The normalized spacial score (nSPS) is 13.0. The molecule has 2 nitrogen and oxygen atoms in total. The van der Waals surface area contributed by atoms with Crippen LogP contribution in [0.25, 0.3) is 0 Å². The van der Waals surface area contributed by atoms with Gasteiger partial charge < -0.3 is 5.73 Å². The van der Waals surface area contributed by atoms with Crippen molar-refractivity contribution in [1.29, 1.82) is 0 Å². The second-order valence-electron chi connectivity index (χ2n) is 4.41. The highest BCUT2D eigenvalue weighted by atomic mass is 32.2. The lowest BCUT2D eigenvalue weighted by Crippen LogP contribution is -2.33. The lowest BCUT2D eigenvalue weighted by molar-refractivity contribution is 0.247. The molecule has 0 spiro atoms. The van der Waals surface area contributed by atoms with Gasteiger partial charge in [0.25, 0.3) is 0 Å². The molecular weight excluding hydrogens is 228 g/mol. The number of nitrogens with zero attached hydrogens (tertiary/aromatic N) is 1. The Balaban J connectivity index is 2.68. The minimum Gasteiger partial charge on any atom is -0.326 e. The molecule has 2 N–H and O–H groups in total. The molecule has 0 aliphatic rings. The Morgan fingerprint density at radius 3 is 2.47 bits per heavy atom. The van der Waals surface area contributed by atoms with Crippen LogP contribution in [-0.4, -0.2) is 30.0 Å². The van der Waals surface area contributed by atoms with Crippen LogP contribution in [0, 0.1) is 0 Å². The van der Waals surface area contributed by atoms with Gasteiger partial charge in [0, 0.05) is 24.9 Å². The zero-order valence-corrected chi connectivity index (χ0v) is 12.0. The van der Waals surface area contributed by atoms with Gasteiger partial charge in [-0.1, -0.05) is 31.2 Å². The minimum atomic E-state index is 0.628. The van der Waals surface area contributed by atoms with E-state index < -0.39 is 0 Å². The summed E-state index contributed by atoms with van der Waals surface area (Å²) in [6, 6.07) is 9.11. The number of benzene rings is 1. The molecule has 0 bridgehead atoms. The molecule has 0 heterocycles. The molecule has 0 amide bonds. The summed E-state index contributed by atoms with van der Waals surface area (Å²) in [4.78, 5) is 2.44. The minimum absolute atomic E-state index is 0.628. The Morgan fingerprint density at radius 2 is 1.94 bits per heavy atom. The first-order valence-electron chi connectivity index (χ1n) is 6.18. The molecule has 0 aliphatic carbocycles. The second kappa shape index (κ2) is 7.75. The SMILES string of the molecule is CCC(CSC)N(C)Cc1ccccc1CN. The van der Waals surface area contributed by atoms with Crippen LogP contribution in [0.1, 0.15) is 24.5 Å². The van der Waals surface area contributed by atoms with Gasteiger partial charge in [-0.3, -0.25) is 4.90 Å². The fraction of sp³-hybridized carbons (Fsp3) is 0.571. The molecule has 1 unspecified atom stereocenters. The van der Waals surface area contributed by atoms with E-state index in [1.807, 2.05) is 11.8 Å². The zero-order chi connectivity index (χ0) is 12.7. The maximum absolute atomic E-state index is 5.77. The molecule has 0 saturated heterocycles. The average Bonchev–Trinajstić information content (AvgIpc) is 2.36. The van der Waals surface area contributed by atoms with Crippen molar-refractivity contribution in [3.8, 4) is 0 Å². The van der Waals surface area contributed by atoms with E-state index in [4.69, 9.17) is 5.73 Å². The molecule has 3 heteroatoms. The van der Waals surface area contributed by atoms with E-state index in [2.05, 4.69) is 49.4 Å². The van der Waals surface area contributed by atoms with Crippen molar-refractivity contribution in [3.63, 3.8) is 0 Å². The van der Waals surface area contributed by atoms with Crippen molar-refractivity contribution in [1.82, 2.24) is 4.90 Å². The summed E-state index contributed by atoms with van der Waals surface area (Å²) in [5.41, 5.74) is 8.39. The van der Waals surface area contributed by atoms with Crippen molar-refractivity contribution >= 4 is 11.8 Å². The average molecular weight is 252 g/mol. The van der Waals surface area contributed by atoms with E-state index in [-0.39, 0.29) is 0 Å². The van der Waals surface area contributed by atoms with Crippen LogP contribution in [0.15, 0.2) is 24.3 Å². The van der Waals surface area contributed by atoms with Crippen molar-refractivity contribution in [2.24, 2.45) is 5.73 Å². The summed E-state index contributed by atoms with van der Waals surface area (Å²) in [5, 5.41) is 0. The first kappa shape index (κ1) is 14.6. The Kier molecular flexibility index (Phi) is 6.63. The predicted octanol–water partition coefficient (Wildman–Crippen LogP) is 2.72. The largest absolute Gasteiger partial charge is 0.326 e.